The van der Waals surface area contributed by atoms with Crippen LogP contribution in [0.2, 0.25) is 0 Å². The van der Waals surface area contributed by atoms with Crippen molar-refractivity contribution in [2.45, 2.75) is 53.2 Å². The standard InChI is InChI=1S/C23H38N6.HI/c1-8-29(9-2)15-20-12-10-11-19(13-20)14-25-23(24-5)27(6)16-21-17-28(7)26-22(21)18(3)4;/h10-13,17-18H,8-9,14-16H2,1-7H3,(H,24,25);1H. The van der Waals surface area contributed by atoms with Crippen LogP contribution >= 0.6 is 24.0 Å². The maximum Gasteiger partial charge on any atom is 0.193 e. The van der Waals surface area contributed by atoms with Gasteiger partial charge in [0.15, 0.2) is 5.96 Å². The molecule has 30 heavy (non-hydrogen) atoms. The minimum absolute atomic E-state index is 0. The van der Waals surface area contributed by atoms with Gasteiger partial charge in [-0.2, -0.15) is 5.10 Å². The summed E-state index contributed by atoms with van der Waals surface area (Å²) in [6.07, 6.45) is 2.11. The molecular weight excluding hydrogens is 487 g/mol. The van der Waals surface area contributed by atoms with Crippen LogP contribution in [-0.2, 0) is 26.7 Å². The summed E-state index contributed by atoms with van der Waals surface area (Å²) >= 11 is 0. The number of benzene rings is 1. The number of guanidine groups is 1. The Morgan fingerprint density at radius 1 is 1.17 bits per heavy atom. The minimum Gasteiger partial charge on any atom is -0.352 e. The Labute approximate surface area is 199 Å². The Morgan fingerprint density at radius 2 is 1.83 bits per heavy atom. The molecule has 7 heteroatoms. The van der Waals surface area contributed by atoms with E-state index in [1.165, 1.54) is 16.7 Å². The van der Waals surface area contributed by atoms with Crippen molar-refractivity contribution in [2.75, 3.05) is 27.2 Å². The Morgan fingerprint density at radius 3 is 2.43 bits per heavy atom. The van der Waals surface area contributed by atoms with Crippen LogP contribution in [0.1, 0.15) is 56.0 Å². The number of aliphatic imine (C=N–C) groups is 1. The second-order valence-electron chi connectivity index (χ2n) is 7.91. The van der Waals surface area contributed by atoms with E-state index in [1.54, 1.807) is 0 Å². The Bertz CT molecular complexity index is 795. The minimum atomic E-state index is 0. The predicted octanol–water partition coefficient (Wildman–Crippen LogP) is 4.21. The van der Waals surface area contributed by atoms with E-state index in [2.05, 4.69) is 90.4 Å². The van der Waals surface area contributed by atoms with E-state index in [0.29, 0.717) is 5.92 Å². The van der Waals surface area contributed by atoms with Crippen molar-refractivity contribution in [3.05, 3.63) is 52.8 Å². The van der Waals surface area contributed by atoms with Crippen molar-refractivity contribution < 1.29 is 0 Å². The van der Waals surface area contributed by atoms with Crippen molar-refractivity contribution in [3.63, 3.8) is 0 Å². The predicted molar refractivity (Wildman–Crippen MR) is 137 cm³/mol. The molecule has 168 valence electrons. The topological polar surface area (TPSA) is 48.7 Å². The van der Waals surface area contributed by atoms with Gasteiger partial charge in [0.1, 0.15) is 0 Å². The molecule has 0 radical (unpaired) electrons. The van der Waals surface area contributed by atoms with Gasteiger partial charge in [0.05, 0.1) is 5.69 Å². The van der Waals surface area contributed by atoms with Crippen LogP contribution < -0.4 is 5.32 Å². The first-order valence-corrected chi connectivity index (χ1v) is 10.6. The number of halogens is 1. The molecule has 0 aliphatic rings. The lowest BCUT2D eigenvalue weighted by molar-refractivity contribution is 0.296. The molecule has 0 unspecified atom stereocenters. The van der Waals surface area contributed by atoms with Crippen molar-refractivity contribution in [2.24, 2.45) is 12.0 Å². The fourth-order valence-corrected chi connectivity index (χ4v) is 3.60. The first-order chi connectivity index (χ1) is 13.9. The largest absolute Gasteiger partial charge is 0.352 e. The maximum atomic E-state index is 4.61. The first-order valence-electron chi connectivity index (χ1n) is 10.6. The lowest BCUT2D eigenvalue weighted by Gasteiger charge is -2.23. The smallest absolute Gasteiger partial charge is 0.193 e. The van der Waals surface area contributed by atoms with Crippen molar-refractivity contribution >= 4 is 29.9 Å². The van der Waals surface area contributed by atoms with E-state index in [0.717, 1.165) is 44.4 Å². The summed E-state index contributed by atoms with van der Waals surface area (Å²) in [5, 5.41) is 8.12. The first kappa shape index (κ1) is 26.4. The van der Waals surface area contributed by atoms with Gasteiger partial charge in [0, 0.05) is 52.5 Å². The van der Waals surface area contributed by atoms with Crippen LogP contribution in [0.15, 0.2) is 35.5 Å². The van der Waals surface area contributed by atoms with Crippen LogP contribution in [0.4, 0.5) is 0 Å². The van der Waals surface area contributed by atoms with Crippen molar-refractivity contribution in [1.29, 1.82) is 0 Å². The monoisotopic (exact) mass is 526 g/mol. The second-order valence-corrected chi connectivity index (χ2v) is 7.91. The van der Waals surface area contributed by atoms with E-state index < -0.39 is 0 Å². The molecule has 2 aromatic rings. The summed E-state index contributed by atoms with van der Waals surface area (Å²) in [6, 6.07) is 8.81. The molecule has 0 bridgehead atoms. The lowest BCUT2D eigenvalue weighted by atomic mass is 10.1. The summed E-state index contributed by atoms with van der Waals surface area (Å²) in [4.78, 5) is 9.06. The molecule has 1 heterocycles. The van der Waals surface area contributed by atoms with Crippen LogP contribution in [-0.4, -0.2) is 52.7 Å². The molecule has 0 saturated carbocycles. The van der Waals surface area contributed by atoms with Gasteiger partial charge >= 0.3 is 0 Å². The van der Waals surface area contributed by atoms with Gasteiger partial charge in [-0.25, -0.2) is 0 Å². The zero-order valence-corrected chi connectivity index (χ0v) is 22.0. The number of aromatic nitrogens is 2. The fourth-order valence-electron chi connectivity index (χ4n) is 3.60. The number of hydrogen-bond donors (Lipinski definition) is 1. The summed E-state index contributed by atoms with van der Waals surface area (Å²) in [6.45, 7) is 13.5. The van der Waals surface area contributed by atoms with Crippen molar-refractivity contribution in [3.8, 4) is 0 Å². The normalized spacial score (nSPS) is 11.7. The number of aryl methyl sites for hydroxylation is 1. The Balaban J connectivity index is 0.00000450. The molecule has 0 aliphatic carbocycles. The molecule has 0 aliphatic heterocycles. The fraction of sp³-hybridized carbons (Fsp3) is 0.565. The van der Waals surface area contributed by atoms with E-state index in [9.17, 15) is 0 Å². The van der Waals surface area contributed by atoms with Gasteiger partial charge in [0.25, 0.3) is 0 Å². The molecule has 0 amide bonds. The summed E-state index contributed by atoms with van der Waals surface area (Å²) in [5.41, 5.74) is 5.02. The van der Waals surface area contributed by atoms with E-state index in [1.807, 2.05) is 18.8 Å². The summed E-state index contributed by atoms with van der Waals surface area (Å²) < 4.78 is 1.90. The highest BCUT2D eigenvalue weighted by atomic mass is 127. The third kappa shape index (κ3) is 7.58. The SMILES string of the molecule is CCN(CC)Cc1cccc(CNC(=NC)N(C)Cc2cn(C)nc2C(C)C)c1.I. The van der Waals surface area contributed by atoms with Gasteiger partial charge in [-0.15, -0.1) is 24.0 Å². The average molecular weight is 527 g/mol. The zero-order valence-electron chi connectivity index (χ0n) is 19.6. The van der Waals surface area contributed by atoms with Gasteiger partial charge in [-0.3, -0.25) is 14.6 Å². The molecule has 0 spiro atoms. The van der Waals surface area contributed by atoms with Gasteiger partial charge in [-0.05, 0) is 30.1 Å². The highest BCUT2D eigenvalue weighted by Gasteiger charge is 2.15. The molecule has 1 aromatic heterocycles. The quantitative estimate of drug-likeness (QED) is 0.302. The third-order valence-electron chi connectivity index (χ3n) is 5.21. The highest BCUT2D eigenvalue weighted by molar-refractivity contribution is 14.0. The van der Waals surface area contributed by atoms with E-state index in [4.69, 9.17) is 0 Å². The lowest BCUT2D eigenvalue weighted by Crippen LogP contribution is -2.38. The van der Waals surface area contributed by atoms with E-state index >= 15 is 0 Å². The van der Waals surface area contributed by atoms with Gasteiger partial charge in [-0.1, -0.05) is 52.0 Å². The van der Waals surface area contributed by atoms with Crippen LogP contribution in [0.3, 0.4) is 0 Å². The number of rotatable bonds is 9. The molecule has 1 N–H and O–H groups in total. The molecule has 0 atom stereocenters. The molecular formula is C23H39IN6. The van der Waals surface area contributed by atoms with E-state index in [-0.39, 0.29) is 24.0 Å². The van der Waals surface area contributed by atoms with Crippen molar-refractivity contribution in [1.82, 2.24) is 24.9 Å². The Kier molecular flexibility index (Phi) is 11.4. The maximum absolute atomic E-state index is 4.61. The highest BCUT2D eigenvalue weighted by Crippen LogP contribution is 2.18. The molecule has 1 aromatic carbocycles. The second kappa shape index (κ2) is 12.9. The molecule has 2 rings (SSSR count). The van der Waals surface area contributed by atoms with Crippen LogP contribution in [0, 0.1) is 0 Å². The summed E-state index contributed by atoms with van der Waals surface area (Å²) in [5.74, 6) is 1.29. The summed E-state index contributed by atoms with van der Waals surface area (Å²) in [7, 11) is 5.89. The van der Waals surface area contributed by atoms with Crippen LogP contribution in [0.5, 0.6) is 0 Å². The number of hydrogen-bond acceptors (Lipinski definition) is 3. The third-order valence-corrected chi connectivity index (χ3v) is 5.21. The molecule has 0 saturated heterocycles. The number of nitrogens with zero attached hydrogens (tertiary/aromatic N) is 5. The van der Waals surface area contributed by atoms with Gasteiger partial charge in [0.2, 0.25) is 0 Å². The zero-order chi connectivity index (χ0) is 21.4. The molecule has 0 fully saturated rings. The van der Waals surface area contributed by atoms with Crippen LogP contribution in [0.25, 0.3) is 0 Å². The molecule has 6 nitrogen and oxygen atoms in total. The average Bonchev–Trinajstić information content (AvgIpc) is 3.07. The van der Waals surface area contributed by atoms with Gasteiger partial charge < -0.3 is 10.2 Å². The number of nitrogens with one attached hydrogen (secondary N) is 1. The Hall–Kier alpha value is -1.61.